The number of likely N-dealkylation sites (tertiary alicyclic amines) is 1. The lowest BCUT2D eigenvalue weighted by Crippen LogP contribution is -2.52. The largest absolute Gasteiger partial charge is 0.316 e. The van der Waals surface area contributed by atoms with Gasteiger partial charge in [-0.1, -0.05) is 26.7 Å². The van der Waals surface area contributed by atoms with Gasteiger partial charge in [0.15, 0.2) is 0 Å². The second-order valence-corrected chi connectivity index (χ2v) is 6.38. The Bertz CT molecular complexity index is 227. The third-order valence-electron chi connectivity index (χ3n) is 4.97. The maximum absolute atomic E-state index is 3.48. The average Bonchev–Trinajstić information content (AvgIpc) is 2.39. The fourth-order valence-corrected chi connectivity index (χ4v) is 3.91. The van der Waals surface area contributed by atoms with Gasteiger partial charge < -0.3 is 5.32 Å². The molecule has 17 heavy (non-hydrogen) atoms. The number of hydrogen-bond acceptors (Lipinski definition) is 2. The Labute approximate surface area is 107 Å². The molecular weight excluding hydrogens is 208 g/mol. The third kappa shape index (κ3) is 3.23. The Kier molecular flexibility index (Phi) is 4.87. The van der Waals surface area contributed by atoms with E-state index in [9.17, 15) is 0 Å². The zero-order valence-electron chi connectivity index (χ0n) is 11.9. The average molecular weight is 238 g/mol. The molecule has 3 atom stereocenters. The number of piperidine rings is 1. The molecule has 1 saturated carbocycles. The highest BCUT2D eigenvalue weighted by Gasteiger charge is 2.33. The molecule has 2 rings (SSSR count). The lowest BCUT2D eigenvalue weighted by molar-refractivity contribution is 0.0531. The van der Waals surface area contributed by atoms with E-state index in [1.807, 2.05) is 0 Å². The minimum absolute atomic E-state index is 0.735. The summed E-state index contributed by atoms with van der Waals surface area (Å²) in [5.41, 5.74) is 0. The molecule has 1 saturated heterocycles. The molecule has 1 aliphatic heterocycles. The summed E-state index contributed by atoms with van der Waals surface area (Å²) in [6, 6.07) is 1.61. The van der Waals surface area contributed by atoms with Crippen LogP contribution in [-0.4, -0.2) is 37.1 Å². The van der Waals surface area contributed by atoms with E-state index < -0.39 is 0 Å². The Hall–Kier alpha value is -0.0800. The van der Waals surface area contributed by atoms with Crippen molar-refractivity contribution in [1.82, 2.24) is 10.2 Å². The molecule has 2 heteroatoms. The van der Waals surface area contributed by atoms with Crippen molar-refractivity contribution in [3.8, 4) is 0 Å². The van der Waals surface area contributed by atoms with Crippen molar-refractivity contribution < 1.29 is 0 Å². The van der Waals surface area contributed by atoms with Crippen LogP contribution in [0.1, 0.15) is 52.4 Å². The lowest BCUT2D eigenvalue weighted by atomic mass is 9.76. The van der Waals surface area contributed by atoms with Crippen molar-refractivity contribution in [2.45, 2.75) is 64.5 Å². The molecule has 2 aliphatic rings. The zero-order valence-corrected chi connectivity index (χ0v) is 11.9. The van der Waals surface area contributed by atoms with E-state index in [2.05, 4.69) is 31.1 Å². The fourth-order valence-electron chi connectivity index (χ4n) is 3.91. The molecule has 2 fully saturated rings. The second kappa shape index (κ2) is 6.19. The lowest BCUT2D eigenvalue weighted by Gasteiger charge is -2.45. The maximum Gasteiger partial charge on any atom is 0.0192 e. The van der Waals surface area contributed by atoms with Crippen LogP contribution in [0.2, 0.25) is 0 Å². The van der Waals surface area contributed by atoms with E-state index in [0.29, 0.717) is 0 Å². The number of hydrogen-bond donors (Lipinski definition) is 1. The van der Waals surface area contributed by atoms with Gasteiger partial charge >= 0.3 is 0 Å². The van der Waals surface area contributed by atoms with Crippen LogP contribution >= 0.6 is 0 Å². The first-order chi connectivity index (χ1) is 8.22. The normalized spacial score (nSPS) is 36.4. The van der Waals surface area contributed by atoms with Gasteiger partial charge in [-0.25, -0.2) is 0 Å². The van der Waals surface area contributed by atoms with E-state index in [1.165, 1.54) is 51.6 Å². The Balaban J connectivity index is 1.98. The van der Waals surface area contributed by atoms with E-state index in [4.69, 9.17) is 0 Å². The first-order valence-corrected chi connectivity index (χ1v) is 7.63. The van der Waals surface area contributed by atoms with Gasteiger partial charge in [0.25, 0.3) is 0 Å². The summed E-state index contributed by atoms with van der Waals surface area (Å²) >= 11 is 0. The van der Waals surface area contributed by atoms with E-state index >= 15 is 0 Å². The molecule has 0 aromatic rings. The molecule has 0 radical (unpaired) electrons. The first-order valence-electron chi connectivity index (χ1n) is 7.63. The molecule has 1 aliphatic carbocycles. The summed E-state index contributed by atoms with van der Waals surface area (Å²) in [5, 5.41) is 3.48. The Morgan fingerprint density at radius 1 is 1.06 bits per heavy atom. The monoisotopic (exact) mass is 238 g/mol. The Morgan fingerprint density at radius 2 is 1.82 bits per heavy atom. The highest BCUT2D eigenvalue weighted by atomic mass is 15.2. The highest BCUT2D eigenvalue weighted by Crippen LogP contribution is 2.34. The molecule has 3 unspecified atom stereocenters. The van der Waals surface area contributed by atoms with Gasteiger partial charge in [0.05, 0.1) is 0 Å². The van der Waals surface area contributed by atoms with Crippen LogP contribution in [0.25, 0.3) is 0 Å². The van der Waals surface area contributed by atoms with Crippen molar-refractivity contribution in [3.05, 3.63) is 0 Å². The van der Waals surface area contributed by atoms with Crippen LogP contribution in [0.4, 0.5) is 0 Å². The van der Waals surface area contributed by atoms with E-state index in [1.54, 1.807) is 0 Å². The minimum Gasteiger partial charge on any atom is -0.316 e. The number of nitrogens with one attached hydrogen (secondary N) is 1. The highest BCUT2D eigenvalue weighted by molar-refractivity contribution is 4.89. The molecule has 0 aromatic heterocycles. The molecular formula is C15H30N2. The summed E-state index contributed by atoms with van der Waals surface area (Å²) in [7, 11) is 2.12. The predicted octanol–water partition coefficient (Wildman–Crippen LogP) is 2.89. The van der Waals surface area contributed by atoms with Crippen molar-refractivity contribution >= 4 is 0 Å². The number of nitrogens with zero attached hydrogens (tertiary/aromatic N) is 1. The van der Waals surface area contributed by atoms with Gasteiger partial charge in [-0.3, -0.25) is 4.90 Å². The number of likely N-dealkylation sites (N-methyl/N-ethyl adjacent to an activating group) is 1. The molecule has 0 aromatic carbocycles. The van der Waals surface area contributed by atoms with Crippen molar-refractivity contribution in [1.29, 1.82) is 0 Å². The summed E-state index contributed by atoms with van der Waals surface area (Å²) in [5.74, 6) is 1.80. The fraction of sp³-hybridized carbons (Fsp3) is 1.00. The predicted molar refractivity (Wildman–Crippen MR) is 74.2 cm³/mol. The number of rotatable bonds is 3. The van der Waals surface area contributed by atoms with Crippen LogP contribution in [0.5, 0.6) is 0 Å². The Morgan fingerprint density at radius 3 is 2.53 bits per heavy atom. The van der Waals surface area contributed by atoms with E-state index in [0.717, 1.165) is 23.9 Å². The molecule has 0 spiro atoms. The molecule has 1 N–H and O–H groups in total. The summed E-state index contributed by atoms with van der Waals surface area (Å²) in [6.45, 7) is 7.46. The van der Waals surface area contributed by atoms with Crippen LogP contribution in [-0.2, 0) is 0 Å². The standard InChI is InChI=1S/C15H30N2/c1-12(2)14-8-4-5-9-15(14)17-10-6-7-13(11-17)16-3/h12-16H,4-11H2,1-3H3. The van der Waals surface area contributed by atoms with Crippen LogP contribution in [0, 0.1) is 11.8 Å². The van der Waals surface area contributed by atoms with Crippen LogP contribution < -0.4 is 5.32 Å². The van der Waals surface area contributed by atoms with Crippen LogP contribution in [0.15, 0.2) is 0 Å². The van der Waals surface area contributed by atoms with E-state index in [-0.39, 0.29) is 0 Å². The second-order valence-electron chi connectivity index (χ2n) is 6.38. The first kappa shape index (κ1) is 13.4. The minimum atomic E-state index is 0.735. The van der Waals surface area contributed by atoms with Gasteiger partial charge in [0.2, 0.25) is 0 Å². The summed E-state index contributed by atoms with van der Waals surface area (Å²) < 4.78 is 0. The molecule has 0 amide bonds. The molecule has 2 nitrogen and oxygen atoms in total. The quantitative estimate of drug-likeness (QED) is 0.813. The van der Waals surface area contributed by atoms with Crippen molar-refractivity contribution in [2.75, 3.05) is 20.1 Å². The summed E-state index contributed by atoms with van der Waals surface area (Å²) in [6.07, 6.45) is 8.57. The van der Waals surface area contributed by atoms with Crippen molar-refractivity contribution in [2.24, 2.45) is 11.8 Å². The third-order valence-corrected chi connectivity index (χ3v) is 4.97. The van der Waals surface area contributed by atoms with Crippen molar-refractivity contribution in [3.63, 3.8) is 0 Å². The van der Waals surface area contributed by atoms with Gasteiger partial charge in [-0.2, -0.15) is 0 Å². The summed E-state index contributed by atoms with van der Waals surface area (Å²) in [4.78, 5) is 2.80. The topological polar surface area (TPSA) is 15.3 Å². The SMILES string of the molecule is CNC1CCCN(C2CCCCC2C(C)C)C1. The zero-order chi connectivity index (χ0) is 12.3. The van der Waals surface area contributed by atoms with Gasteiger partial charge in [0, 0.05) is 18.6 Å². The van der Waals surface area contributed by atoms with Crippen LogP contribution in [0.3, 0.4) is 0 Å². The van der Waals surface area contributed by atoms with Gasteiger partial charge in [-0.15, -0.1) is 0 Å². The van der Waals surface area contributed by atoms with Gasteiger partial charge in [0.1, 0.15) is 0 Å². The molecule has 1 heterocycles. The molecule has 100 valence electrons. The smallest absolute Gasteiger partial charge is 0.0192 e. The molecule has 0 bridgehead atoms. The maximum atomic E-state index is 3.48. The van der Waals surface area contributed by atoms with Gasteiger partial charge in [-0.05, 0) is 51.1 Å².